The zero-order valence-corrected chi connectivity index (χ0v) is 14.4. The van der Waals surface area contributed by atoms with Crippen molar-refractivity contribution in [1.29, 1.82) is 0 Å². The molecule has 0 saturated heterocycles. The zero-order chi connectivity index (χ0) is 15.6. The molecule has 8 heteroatoms. The van der Waals surface area contributed by atoms with Crippen molar-refractivity contribution in [3.05, 3.63) is 37.7 Å². The van der Waals surface area contributed by atoms with Gasteiger partial charge in [-0.3, -0.25) is 0 Å². The maximum atomic E-state index is 13.0. The number of hydrogen-bond acceptors (Lipinski definition) is 4. The van der Waals surface area contributed by atoms with Gasteiger partial charge >= 0.3 is 5.97 Å². The summed E-state index contributed by atoms with van der Waals surface area (Å²) in [6.07, 6.45) is -2.92. The number of aromatic nitrogens is 1. The lowest BCUT2D eigenvalue weighted by atomic mass is 10.2. The van der Waals surface area contributed by atoms with Gasteiger partial charge in [0.2, 0.25) is 11.7 Å². The summed E-state index contributed by atoms with van der Waals surface area (Å²) in [6.45, 7) is 1.64. The van der Waals surface area contributed by atoms with Crippen molar-refractivity contribution in [3.63, 3.8) is 0 Å². The molecule has 0 spiro atoms. The Morgan fingerprint density at radius 1 is 1.52 bits per heavy atom. The quantitative estimate of drug-likeness (QED) is 0.473. The van der Waals surface area contributed by atoms with Crippen molar-refractivity contribution >= 4 is 44.5 Å². The molecule has 0 aliphatic carbocycles. The Balaban J connectivity index is 2.53. The van der Waals surface area contributed by atoms with E-state index in [2.05, 4.69) is 20.9 Å². The molecule has 4 nitrogen and oxygen atoms in total. The van der Waals surface area contributed by atoms with Crippen molar-refractivity contribution in [2.45, 2.75) is 13.3 Å². The van der Waals surface area contributed by atoms with E-state index in [1.54, 1.807) is 25.1 Å². The van der Waals surface area contributed by atoms with Crippen LogP contribution in [0.4, 0.5) is 8.78 Å². The van der Waals surface area contributed by atoms with E-state index in [0.717, 1.165) is 8.04 Å². The first kappa shape index (κ1) is 16.3. The molecule has 1 aromatic heterocycles. The number of halogens is 4. The second-order valence-corrected chi connectivity index (χ2v) is 5.96. The molecule has 0 fully saturated rings. The Hall–Kier alpha value is -1.03. The monoisotopic (exact) mass is 471 g/mol. The van der Waals surface area contributed by atoms with E-state index in [9.17, 15) is 13.6 Å². The Kier molecular flexibility index (Phi) is 5.31. The fourth-order valence-electron chi connectivity index (χ4n) is 1.60. The molecule has 0 radical (unpaired) electrons. The van der Waals surface area contributed by atoms with Crippen molar-refractivity contribution in [2.24, 2.45) is 0 Å². The minimum absolute atomic E-state index is 0.0425. The second kappa shape index (κ2) is 6.82. The van der Waals surface area contributed by atoms with Crippen LogP contribution in [0, 0.1) is 3.57 Å². The summed E-state index contributed by atoms with van der Waals surface area (Å²) in [5, 5.41) is 0. The second-order valence-electron chi connectivity index (χ2n) is 3.88. The summed E-state index contributed by atoms with van der Waals surface area (Å²) >= 11 is 5.32. The van der Waals surface area contributed by atoms with Gasteiger partial charge in [-0.2, -0.15) is 0 Å². The minimum atomic E-state index is -2.92. The van der Waals surface area contributed by atoms with E-state index in [-0.39, 0.29) is 12.5 Å². The van der Waals surface area contributed by atoms with E-state index in [1.165, 1.54) is 0 Å². The van der Waals surface area contributed by atoms with E-state index in [1.807, 2.05) is 22.6 Å². The number of carbonyl (C=O) groups excluding carboxylic acids is 1. The fourth-order valence-corrected chi connectivity index (χ4v) is 2.53. The van der Waals surface area contributed by atoms with Crippen LogP contribution in [0.1, 0.15) is 29.6 Å². The highest BCUT2D eigenvalue weighted by atomic mass is 127. The number of carbonyl (C=O) groups is 1. The number of rotatable bonds is 4. The van der Waals surface area contributed by atoms with E-state index < -0.39 is 23.8 Å². The topological polar surface area (TPSA) is 52.3 Å². The number of esters is 1. The molecule has 112 valence electrons. The lowest BCUT2D eigenvalue weighted by molar-refractivity contribution is 0.0476. The van der Waals surface area contributed by atoms with Gasteiger partial charge in [0.05, 0.1) is 12.2 Å². The maximum absolute atomic E-state index is 13.0. The smallest absolute Gasteiger partial charge is 0.376 e. The normalized spacial score (nSPS) is 11.0. The molecule has 0 amide bonds. The summed E-state index contributed by atoms with van der Waals surface area (Å²) in [5.74, 6) is -1.55. The Labute approximate surface area is 141 Å². The summed E-state index contributed by atoms with van der Waals surface area (Å²) in [6, 6.07) is 5.25. The first-order valence-electron chi connectivity index (χ1n) is 5.85. The Morgan fingerprint density at radius 3 is 2.86 bits per heavy atom. The molecular formula is C13H9BrF2INO3. The van der Waals surface area contributed by atoms with Crippen LogP contribution in [0.3, 0.4) is 0 Å². The maximum Gasteiger partial charge on any atom is 0.376 e. The number of benzene rings is 1. The first-order valence-corrected chi connectivity index (χ1v) is 7.72. The lowest BCUT2D eigenvalue weighted by Crippen LogP contribution is -2.06. The largest absolute Gasteiger partial charge is 0.460 e. The van der Waals surface area contributed by atoms with Crippen molar-refractivity contribution < 1.29 is 22.7 Å². The van der Waals surface area contributed by atoms with Gasteiger partial charge < -0.3 is 9.15 Å². The van der Waals surface area contributed by atoms with Crippen LogP contribution in [-0.4, -0.2) is 17.6 Å². The molecule has 2 aromatic rings. The van der Waals surface area contributed by atoms with Crippen LogP contribution in [0.5, 0.6) is 0 Å². The Morgan fingerprint density at radius 2 is 2.24 bits per heavy atom. The molecule has 0 saturated carbocycles. The predicted molar refractivity (Wildman–Crippen MR) is 83.3 cm³/mol. The highest BCUT2D eigenvalue weighted by Crippen LogP contribution is 2.32. The third-order valence-electron chi connectivity index (χ3n) is 2.48. The summed E-state index contributed by atoms with van der Waals surface area (Å²) in [7, 11) is 0. The van der Waals surface area contributed by atoms with Crippen LogP contribution < -0.4 is 0 Å². The number of alkyl halides is 2. The molecule has 0 atom stereocenters. The molecule has 21 heavy (non-hydrogen) atoms. The van der Waals surface area contributed by atoms with Crippen LogP contribution >= 0.6 is 38.5 Å². The average Bonchev–Trinajstić information content (AvgIpc) is 2.87. The van der Waals surface area contributed by atoms with E-state index in [4.69, 9.17) is 9.15 Å². The van der Waals surface area contributed by atoms with Crippen LogP contribution in [0.2, 0.25) is 0 Å². The average molecular weight is 472 g/mol. The highest BCUT2D eigenvalue weighted by molar-refractivity contribution is 14.1. The van der Waals surface area contributed by atoms with Gasteiger partial charge in [0.15, 0.2) is 5.69 Å². The number of ether oxygens (including phenoxy) is 1. The molecule has 0 bridgehead atoms. The van der Waals surface area contributed by atoms with Crippen LogP contribution in [0.15, 0.2) is 27.1 Å². The molecule has 0 aliphatic rings. The summed E-state index contributed by atoms with van der Waals surface area (Å²) in [5.41, 5.74) is -0.193. The summed E-state index contributed by atoms with van der Waals surface area (Å²) in [4.78, 5) is 15.4. The number of oxazole rings is 1. The van der Waals surface area contributed by atoms with Gasteiger partial charge in [0.25, 0.3) is 6.43 Å². The summed E-state index contributed by atoms with van der Waals surface area (Å²) < 4.78 is 37.4. The van der Waals surface area contributed by atoms with Crippen molar-refractivity contribution in [3.8, 4) is 11.5 Å². The lowest BCUT2D eigenvalue weighted by Gasteiger charge is -2.00. The van der Waals surface area contributed by atoms with Gasteiger partial charge in [0.1, 0.15) is 0 Å². The zero-order valence-electron chi connectivity index (χ0n) is 10.7. The van der Waals surface area contributed by atoms with Crippen LogP contribution in [-0.2, 0) is 4.74 Å². The van der Waals surface area contributed by atoms with Crippen molar-refractivity contribution in [2.75, 3.05) is 6.61 Å². The first-order chi connectivity index (χ1) is 9.93. The number of nitrogens with zero attached hydrogens (tertiary/aromatic N) is 1. The molecule has 1 aromatic carbocycles. The van der Waals surface area contributed by atoms with E-state index in [0.29, 0.717) is 5.56 Å². The number of hydrogen-bond donors (Lipinski definition) is 0. The molecule has 2 rings (SSSR count). The van der Waals surface area contributed by atoms with Gasteiger partial charge in [-0.25, -0.2) is 18.6 Å². The van der Waals surface area contributed by atoms with Gasteiger partial charge in [-0.05, 0) is 47.7 Å². The SMILES string of the molecule is CCOC(=O)c1oc(-c2cc(Br)ccc2I)nc1C(F)F. The van der Waals surface area contributed by atoms with Gasteiger partial charge in [0, 0.05) is 8.04 Å². The molecule has 0 aliphatic heterocycles. The molecule has 1 heterocycles. The van der Waals surface area contributed by atoms with E-state index >= 15 is 0 Å². The standard InChI is InChI=1S/C13H9BrF2INO3/c1-2-20-13(19)10-9(11(15)16)18-12(21-10)7-5-6(14)3-4-8(7)17/h3-5,11H,2H2,1H3. The fraction of sp³-hybridized carbons (Fsp3) is 0.231. The third kappa shape index (κ3) is 3.60. The predicted octanol–water partition coefficient (Wildman–Crippen LogP) is 4.82. The van der Waals surface area contributed by atoms with Gasteiger partial charge in [-0.1, -0.05) is 15.9 Å². The highest BCUT2D eigenvalue weighted by Gasteiger charge is 2.28. The molecule has 0 N–H and O–H groups in total. The minimum Gasteiger partial charge on any atom is -0.460 e. The van der Waals surface area contributed by atoms with Gasteiger partial charge in [-0.15, -0.1) is 0 Å². The molecular weight excluding hydrogens is 463 g/mol. The third-order valence-corrected chi connectivity index (χ3v) is 3.91. The Bertz CT molecular complexity index is 675. The van der Waals surface area contributed by atoms with Crippen LogP contribution in [0.25, 0.3) is 11.5 Å². The van der Waals surface area contributed by atoms with Crippen molar-refractivity contribution in [1.82, 2.24) is 4.98 Å². The molecule has 0 unspecified atom stereocenters.